The van der Waals surface area contributed by atoms with Gasteiger partial charge >= 0.3 is 0 Å². The summed E-state index contributed by atoms with van der Waals surface area (Å²) in [5.74, 6) is 0. The van der Waals surface area contributed by atoms with E-state index in [2.05, 4.69) is 44.1 Å². The fourth-order valence-electron chi connectivity index (χ4n) is 2.85. The molecule has 0 spiro atoms. The molecule has 1 unspecified atom stereocenters. The lowest BCUT2D eigenvalue weighted by Gasteiger charge is -2.13. The standard InChI is InChI=1S/C17H24ClN3/c1-5-15-17(18)16(21(4)20-15)10-14(19)9-13-7-11(2)6-12(3)8-13/h6-8,14H,5,9-10,19H2,1-4H3. The number of nitrogens with two attached hydrogens (primary N) is 1. The first kappa shape index (κ1) is 16.1. The minimum atomic E-state index is 0.0452. The zero-order valence-corrected chi connectivity index (χ0v) is 14.0. The Hall–Kier alpha value is -1.32. The van der Waals surface area contributed by atoms with Crippen molar-refractivity contribution in [3.63, 3.8) is 0 Å². The molecule has 2 rings (SSSR count). The van der Waals surface area contributed by atoms with Gasteiger partial charge in [0.2, 0.25) is 0 Å². The third-order valence-electron chi connectivity index (χ3n) is 3.74. The second-order valence-corrected chi connectivity index (χ2v) is 6.23. The minimum Gasteiger partial charge on any atom is -0.327 e. The van der Waals surface area contributed by atoms with Crippen molar-refractivity contribution in [3.8, 4) is 0 Å². The number of nitrogens with zero attached hydrogens (tertiary/aromatic N) is 2. The maximum absolute atomic E-state index is 6.39. The van der Waals surface area contributed by atoms with Crippen LogP contribution in [0.4, 0.5) is 0 Å². The molecule has 0 saturated heterocycles. The van der Waals surface area contributed by atoms with Crippen LogP contribution in [-0.4, -0.2) is 15.8 Å². The van der Waals surface area contributed by atoms with Gasteiger partial charge in [0.05, 0.1) is 16.4 Å². The zero-order valence-electron chi connectivity index (χ0n) is 13.3. The van der Waals surface area contributed by atoms with Crippen molar-refractivity contribution in [1.82, 2.24) is 9.78 Å². The second-order valence-electron chi connectivity index (χ2n) is 5.85. The van der Waals surface area contributed by atoms with Crippen LogP contribution in [0.25, 0.3) is 0 Å². The van der Waals surface area contributed by atoms with Crippen molar-refractivity contribution >= 4 is 11.6 Å². The summed E-state index contributed by atoms with van der Waals surface area (Å²) in [4.78, 5) is 0. The van der Waals surface area contributed by atoms with E-state index in [0.717, 1.165) is 35.7 Å². The van der Waals surface area contributed by atoms with E-state index in [1.165, 1.54) is 16.7 Å². The summed E-state index contributed by atoms with van der Waals surface area (Å²) in [6, 6.07) is 6.63. The van der Waals surface area contributed by atoms with Gasteiger partial charge < -0.3 is 5.73 Å². The van der Waals surface area contributed by atoms with Gasteiger partial charge in [0.15, 0.2) is 0 Å². The van der Waals surface area contributed by atoms with Crippen LogP contribution in [0.15, 0.2) is 18.2 Å². The SMILES string of the molecule is CCc1nn(C)c(CC(N)Cc2cc(C)cc(C)c2)c1Cl. The van der Waals surface area contributed by atoms with Crippen LogP contribution < -0.4 is 5.73 Å². The predicted octanol–water partition coefficient (Wildman–Crippen LogP) is 3.37. The minimum absolute atomic E-state index is 0.0452. The van der Waals surface area contributed by atoms with Crippen LogP contribution in [0.1, 0.15) is 35.0 Å². The molecule has 4 heteroatoms. The van der Waals surface area contributed by atoms with Crippen LogP contribution in [0.3, 0.4) is 0 Å². The maximum Gasteiger partial charge on any atom is 0.0850 e. The Morgan fingerprint density at radius 1 is 1.19 bits per heavy atom. The maximum atomic E-state index is 6.39. The molecule has 2 N–H and O–H groups in total. The molecule has 0 bridgehead atoms. The van der Waals surface area contributed by atoms with Gasteiger partial charge in [0, 0.05) is 19.5 Å². The highest BCUT2D eigenvalue weighted by Gasteiger charge is 2.16. The lowest BCUT2D eigenvalue weighted by molar-refractivity contribution is 0.611. The lowest BCUT2D eigenvalue weighted by Crippen LogP contribution is -2.26. The molecule has 0 aliphatic heterocycles. The molecule has 1 atom stereocenters. The molecule has 1 aromatic heterocycles. The molecule has 0 saturated carbocycles. The molecule has 0 aliphatic rings. The highest BCUT2D eigenvalue weighted by Crippen LogP contribution is 2.22. The van der Waals surface area contributed by atoms with E-state index in [9.17, 15) is 0 Å². The topological polar surface area (TPSA) is 43.8 Å². The average Bonchev–Trinajstić information content (AvgIpc) is 2.64. The number of hydrogen-bond donors (Lipinski definition) is 1. The van der Waals surface area contributed by atoms with E-state index in [-0.39, 0.29) is 6.04 Å². The van der Waals surface area contributed by atoms with Gasteiger partial charge in [-0.1, -0.05) is 47.9 Å². The highest BCUT2D eigenvalue weighted by molar-refractivity contribution is 6.31. The van der Waals surface area contributed by atoms with Gasteiger partial charge in [-0.05, 0) is 32.3 Å². The molecule has 114 valence electrons. The molecular formula is C17H24ClN3. The Morgan fingerprint density at radius 3 is 2.33 bits per heavy atom. The van der Waals surface area contributed by atoms with Gasteiger partial charge in [0.1, 0.15) is 0 Å². The van der Waals surface area contributed by atoms with Crippen LogP contribution in [0, 0.1) is 13.8 Å². The smallest absolute Gasteiger partial charge is 0.0850 e. The van der Waals surface area contributed by atoms with Gasteiger partial charge in [-0.25, -0.2) is 0 Å². The quantitative estimate of drug-likeness (QED) is 0.920. The fourth-order valence-corrected chi connectivity index (χ4v) is 3.22. The average molecular weight is 306 g/mol. The van der Waals surface area contributed by atoms with Gasteiger partial charge in [0.25, 0.3) is 0 Å². The molecule has 0 amide bonds. The second kappa shape index (κ2) is 6.63. The van der Waals surface area contributed by atoms with Gasteiger partial charge in [-0.2, -0.15) is 5.10 Å². The third-order valence-corrected chi connectivity index (χ3v) is 4.17. The van der Waals surface area contributed by atoms with Gasteiger partial charge in [-0.15, -0.1) is 0 Å². The van der Waals surface area contributed by atoms with E-state index in [0.29, 0.717) is 0 Å². The summed E-state index contributed by atoms with van der Waals surface area (Å²) in [7, 11) is 1.93. The monoisotopic (exact) mass is 305 g/mol. The molecule has 2 aromatic rings. The first-order valence-corrected chi connectivity index (χ1v) is 7.81. The highest BCUT2D eigenvalue weighted by atomic mass is 35.5. The van der Waals surface area contributed by atoms with E-state index in [4.69, 9.17) is 17.3 Å². The lowest BCUT2D eigenvalue weighted by atomic mass is 9.99. The predicted molar refractivity (Wildman–Crippen MR) is 88.9 cm³/mol. The van der Waals surface area contributed by atoms with E-state index >= 15 is 0 Å². The van der Waals surface area contributed by atoms with E-state index in [1.807, 2.05) is 11.7 Å². The first-order chi connectivity index (χ1) is 9.90. The summed E-state index contributed by atoms with van der Waals surface area (Å²) >= 11 is 6.39. The summed E-state index contributed by atoms with van der Waals surface area (Å²) in [6.07, 6.45) is 2.44. The molecule has 21 heavy (non-hydrogen) atoms. The Balaban J connectivity index is 2.11. The van der Waals surface area contributed by atoms with Crippen molar-refractivity contribution in [1.29, 1.82) is 0 Å². The normalized spacial score (nSPS) is 12.7. The fraction of sp³-hybridized carbons (Fsp3) is 0.471. The van der Waals surface area contributed by atoms with Gasteiger partial charge in [-0.3, -0.25) is 4.68 Å². The Morgan fingerprint density at radius 2 is 1.81 bits per heavy atom. The zero-order chi connectivity index (χ0) is 15.6. The molecule has 3 nitrogen and oxygen atoms in total. The molecule has 0 radical (unpaired) electrons. The van der Waals surface area contributed by atoms with E-state index in [1.54, 1.807) is 0 Å². The van der Waals surface area contributed by atoms with Crippen molar-refractivity contribution in [3.05, 3.63) is 51.3 Å². The number of halogens is 1. The number of aromatic nitrogens is 2. The molecular weight excluding hydrogens is 282 g/mol. The Kier molecular flexibility index (Phi) is 5.07. The van der Waals surface area contributed by atoms with Crippen LogP contribution >= 0.6 is 11.6 Å². The molecule has 1 heterocycles. The summed E-state index contributed by atoms with van der Waals surface area (Å²) < 4.78 is 1.86. The molecule has 0 fully saturated rings. The summed E-state index contributed by atoms with van der Waals surface area (Å²) in [5, 5.41) is 5.22. The largest absolute Gasteiger partial charge is 0.327 e. The van der Waals surface area contributed by atoms with Crippen LogP contribution in [0.2, 0.25) is 5.02 Å². The molecule has 0 aliphatic carbocycles. The van der Waals surface area contributed by atoms with Crippen molar-refractivity contribution < 1.29 is 0 Å². The Labute approximate surface area is 132 Å². The number of benzene rings is 1. The van der Waals surface area contributed by atoms with Crippen molar-refractivity contribution in [2.45, 2.75) is 46.1 Å². The summed E-state index contributed by atoms with van der Waals surface area (Å²) in [6.45, 7) is 6.30. The number of rotatable bonds is 5. The van der Waals surface area contributed by atoms with Crippen LogP contribution in [0.5, 0.6) is 0 Å². The van der Waals surface area contributed by atoms with Crippen LogP contribution in [-0.2, 0) is 26.3 Å². The van der Waals surface area contributed by atoms with E-state index < -0.39 is 0 Å². The molecule has 1 aromatic carbocycles. The number of aryl methyl sites for hydroxylation is 4. The van der Waals surface area contributed by atoms with Crippen molar-refractivity contribution in [2.24, 2.45) is 12.8 Å². The first-order valence-electron chi connectivity index (χ1n) is 7.43. The van der Waals surface area contributed by atoms with Crippen molar-refractivity contribution in [2.75, 3.05) is 0 Å². The Bertz CT molecular complexity index is 611. The number of hydrogen-bond acceptors (Lipinski definition) is 2. The third kappa shape index (κ3) is 3.86. The summed E-state index contributed by atoms with van der Waals surface area (Å²) in [5.41, 5.74) is 12.2.